The van der Waals surface area contributed by atoms with Gasteiger partial charge in [-0.15, -0.1) is 0 Å². The monoisotopic (exact) mass is 824 g/mol. The number of carbonyl (C=O) groups is 2. The zero-order valence-corrected chi connectivity index (χ0v) is 32.1. The Hall–Kier alpha value is -6.09. The minimum Gasteiger partial charge on any atom is -0.460 e. The van der Waals surface area contributed by atoms with Gasteiger partial charge in [0.15, 0.2) is 6.10 Å². The van der Waals surface area contributed by atoms with E-state index in [-0.39, 0.29) is 31.9 Å². The Morgan fingerprint density at radius 3 is 1.66 bits per heavy atom. The summed E-state index contributed by atoms with van der Waals surface area (Å²) in [6.07, 6.45) is -5.25. The molecule has 59 heavy (non-hydrogen) atoms. The van der Waals surface area contributed by atoms with Crippen molar-refractivity contribution in [3.05, 3.63) is 173 Å². The quantitative estimate of drug-likeness (QED) is 0.0978. The molecule has 1 aliphatic heterocycles. The summed E-state index contributed by atoms with van der Waals surface area (Å²) >= 11 is 5.12. The first-order valence-corrected chi connectivity index (χ1v) is 18.8. The number of aliphatic hydroxyl groups is 3. The lowest BCUT2D eigenvalue weighted by Crippen LogP contribution is -2.41. The van der Waals surface area contributed by atoms with Gasteiger partial charge in [-0.25, -0.2) is 9.59 Å². The number of alkyl halides is 2. The molecular formula is C45H39ClF2N2O9. The Balaban J connectivity index is 0.000000177. The molecule has 0 spiro atoms. The maximum atomic E-state index is 14.2. The van der Waals surface area contributed by atoms with Gasteiger partial charge in [-0.05, 0) is 55.1 Å². The van der Waals surface area contributed by atoms with Crippen LogP contribution in [0.4, 0.5) is 13.6 Å². The molecular weight excluding hydrogens is 786 g/mol. The summed E-state index contributed by atoms with van der Waals surface area (Å²) in [6.45, 7) is -0.485. The Labute approximate surface area is 341 Å². The second-order valence-electron chi connectivity index (χ2n) is 13.4. The van der Waals surface area contributed by atoms with Crippen molar-refractivity contribution in [1.29, 1.82) is 0 Å². The lowest BCUT2D eigenvalue weighted by molar-refractivity contribution is -0.144. The average molecular weight is 825 g/mol. The summed E-state index contributed by atoms with van der Waals surface area (Å²) in [6, 6.07) is 42.3. The third-order valence-electron chi connectivity index (χ3n) is 9.57. The molecule has 3 N–H and O–H groups in total. The highest BCUT2D eigenvalue weighted by atomic mass is 35.5. The third-order valence-corrected chi connectivity index (χ3v) is 9.67. The number of hydrogen-bond donors (Lipinski definition) is 3. The van der Waals surface area contributed by atoms with Crippen LogP contribution in [-0.2, 0) is 45.2 Å². The smallest absolute Gasteiger partial charge is 0.404 e. The molecule has 6 aromatic carbocycles. The van der Waals surface area contributed by atoms with Gasteiger partial charge in [-0.2, -0.15) is 13.8 Å². The van der Waals surface area contributed by atoms with Crippen LogP contribution in [0, 0.1) is 0 Å². The Morgan fingerprint density at radius 2 is 1.19 bits per heavy atom. The zero-order chi connectivity index (χ0) is 41.9. The van der Waals surface area contributed by atoms with E-state index in [0.717, 1.165) is 49.8 Å². The van der Waals surface area contributed by atoms with Crippen molar-refractivity contribution in [2.24, 2.45) is 0 Å². The van der Waals surface area contributed by atoms with Crippen molar-refractivity contribution in [1.82, 2.24) is 9.55 Å². The molecule has 0 radical (unpaired) electrons. The summed E-state index contributed by atoms with van der Waals surface area (Å²) < 4.78 is 44.0. The highest BCUT2D eigenvalue weighted by Crippen LogP contribution is 2.42. The van der Waals surface area contributed by atoms with Gasteiger partial charge < -0.3 is 29.5 Å². The molecule has 14 heteroatoms. The van der Waals surface area contributed by atoms with Crippen LogP contribution < -0.4 is 5.69 Å². The van der Waals surface area contributed by atoms with E-state index in [1.807, 2.05) is 115 Å². The lowest BCUT2D eigenvalue weighted by atomic mass is 10.1. The van der Waals surface area contributed by atoms with Gasteiger partial charge in [-0.3, -0.25) is 9.36 Å². The number of carbonyl (C=O) groups excluding carboxylic acids is 2. The highest BCUT2D eigenvalue weighted by molar-refractivity contribution is 6.61. The van der Waals surface area contributed by atoms with Crippen LogP contribution >= 0.6 is 11.6 Å². The second kappa shape index (κ2) is 19.6. The van der Waals surface area contributed by atoms with Crippen LogP contribution in [0.1, 0.15) is 28.6 Å². The van der Waals surface area contributed by atoms with Gasteiger partial charge in [0.25, 0.3) is 0 Å². The van der Waals surface area contributed by atoms with Gasteiger partial charge >= 0.3 is 23.0 Å². The van der Waals surface area contributed by atoms with Crippen molar-refractivity contribution in [2.45, 2.75) is 50.6 Å². The number of halogens is 3. The summed E-state index contributed by atoms with van der Waals surface area (Å²) in [7, 11) is 0. The number of fused-ring (bicyclic) bond motifs is 3. The van der Waals surface area contributed by atoms with Crippen molar-refractivity contribution < 1.29 is 47.9 Å². The fourth-order valence-corrected chi connectivity index (χ4v) is 6.66. The lowest BCUT2D eigenvalue weighted by Gasteiger charge is -2.21. The molecule has 0 aliphatic carbocycles. The van der Waals surface area contributed by atoms with E-state index in [2.05, 4.69) is 17.1 Å². The van der Waals surface area contributed by atoms with Crippen molar-refractivity contribution in [3.8, 4) is 0 Å². The van der Waals surface area contributed by atoms with E-state index in [9.17, 15) is 28.3 Å². The molecule has 0 saturated carbocycles. The minimum absolute atomic E-state index is 0.0276. The summed E-state index contributed by atoms with van der Waals surface area (Å²) in [5, 5.41) is 34.2. The Kier molecular flexibility index (Phi) is 14.1. The molecule has 11 nitrogen and oxygen atoms in total. The first-order valence-electron chi connectivity index (χ1n) is 18.4. The number of aromatic nitrogens is 2. The molecule has 3 atom stereocenters. The number of nitrogens with zero attached hydrogens (tertiary/aromatic N) is 2. The zero-order valence-electron chi connectivity index (χ0n) is 31.4. The molecule has 304 valence electrons. The summed E-state index contributed by atoms with van der Waals surface area (Å²) in [5.74, 6) is -4.45. The Bertz CT molecular complexity index is 2610. The number of esters is 1. The van der Waals surface area contributed by atoms with Crippen LogP contribution in [-0.4, -0.2) is 61.0 Å². The fourth-order valence-electron chi connectivity index (χ4n) is 6.60. The van der Waals surface area contributed by atoms with Gasteiger partial charge in [0.1, 0.15) is 19.3 Å². The van der Waals surface area contributed by atoms with E-state index in [1.54, 1.807) is 0 Å². The van der Waals surface area contributed by atoms with Gasteiger partial charge in [0.2, 0.25) is 6.23 Å². The normalized spacial score (nSPS) is 16.7. The van der Waals surface area contributed by atoms with Crippen molar-refractivity contribution in [3.63, 3.8) is 0 Å². The molecule has 1 saturated heterocycles. The molecule has 0 bridgehead atoms. The van der Waals surface area contributed by atoms with E-state index in [4.69, 9.17) is 36.0 Å². The first-order chi connectivity index (χ1) is 28.5. The largest absolute Gasteiger partial charge is 0.460 e. The van der Waals surface area contributed by atoms with E-state index >= 15 is 0 Å². The van der Waals surface area contributed by atoms with Crippen LogP contribution in [0.25, 0.3) is 32.3 Å². The third kappa shape index (κ3) is 10.3. The highest BCUT2D eigenvalue weighted by Gasteiger charge is 2.59. The molecule has 0 amide bonds. The number of hydrogen-bond acceptors (Lipinski definition) is 10. The maximum absolute atomic E-state index is 14.2. The van der Waals surface area contributed by atoms with Crippen LogP contribution in [0.5, 0.6) is 0 Å². The predicted molar refractivity (Wildman–Crippen MR) is 218 cm³/mol. The van der Waals surface area contributed by atoms with Crippen LogP contribution in [0.2, 0.25) is 0 Å². The molecule has 7 aromatic rings. The standard InChI is InChI=1S/C22H20F2N2O6.C12H9ClO2.C11H10O/c23-22(24)19(29)17(11-27)32-20(22)26-9-8-15(25-21(26)30)10-18(28)31-12-14-6-3-5-13-4-1-2-7-16(13)14;13-12(14)15-8-10-6-3-5-9-4-1-2-7-11(9)10;12-8-10-6-3-5-9-4-1-2-7-11(9)10/h1-9,17,19-20,27,29H,10-12H2;1-7H,8H2;1-7,12H,8H2. The van der Waals surface area contributed by atoms with E-state index in [1.165, 1.54) is 11.5 Å². The maximum Gasteiger partial charge on any atom is 0.404 e. The Morgan fingerprint density at radius 1 is 0.712 bits per heavy atom. The van der Waals surface area contributed by atoms with Gasteiger partial charge in [0.05, 0.1) is 25.3 Å². The molecule has 1 aliphatic rings. The van der Waals surface area contributed by atoms with Crippen molar-refractivity contribution in [2.75, 3.05) is 6.61 Å². The summed E-state index contributed by atoms with van der Waals surface area (Å²) in [5.41, 5.74) is 0.949. The topological polar surface area (TPSA) is 157 Å². The molecule has 2 heterocycles. The average Bonchev–Trinajstić information content (AvgIpc) is 3.48. The van der Waals surface area contributed by atoms with Crippen LogP contribution in [0.15, 0.2) is 144 Å². The minimum atomic E-state index is -3.81. The van der Waals surface area contributed by atoms with E-state index < -0.39 is 48.1 Å². The SMILES string of the molecule is O=C(Cc1ccn(C2OC(CO)C(O)C2(F)F)c(=O)n1)OCc1cccc2ccccc12.O=C(Cl)OCc1cccc2ccccc12.OCc1cccc2ccccc12. The van der Waals surface area contributed by atoms with Gasteiger partial charge in [0, 0.05) is 17.8 Å². The first kappa shape index (κ1) is 42.5. The second-order valence-corrected chi connectivity index (χ2v) is 13.7. The van der Waals surface area contributed by atoms with Crippen LogP contribution in [0.3, 0.4) is 0 Å². The molecule has 1 fully saturated rings. The molecule has 3 unspecified atom stereocenters. The number of aliphatic hydroxyl groups excluding tert-OH is 3. The fraction of sp³-hybridized carbons (Fsp3) is 0.200. The number of benzene rings is 6. The molecule has 8 rings (SSSR count). The number of ether oxygens (including phenoxy) is 3. The van der Waals surface area contributed by atoms with E-state index in [0.29, 0.717) is 4.57 Å². The predicted octanol–water partition coefficient (Wildman–Crippen LogP) is 7.62. The van der Waals surface area contributed by atoms with Crippen molar-refractivity contribution >= 4 is 55.3 Å². The molecule has 1 aromatic heterocycles. The van der Waals surface area contributed by atoms with Gasteiger partial charge in [-0.1, -0.05) is 127 Å². The summed E-state index contributed by atoms with van der Waals surface area (Å²) in [4.78, 5) is 38.6. The number of rotatable bonds is 9.